The SMILES string of the molecule is COCCN(CC(C)C)c1ccccc1CNC(C)(C)C. The van der Waals surface area contributed by atoms with Gasteiger partial charge in [-0.25, -0.2) is 0 Å². The molecule has 0 unspecified atom stereocenters. The fourth-order valence-electron chi connectivity index (χ4n) is 2.28. The number of nitrogens with zero attached hydrogens (tertiary/aromatic N) is 1. The quantitative estimate of drug-likeness (QED) is 0.791. The molecule has 120 valence electrons. The Balaban J connectivity index is 2.90. The van der Waals surface area contributed by atoms with Gasteiger partial charge in [0.2, 0.25) is 0 Å². The van der Waals surface area contributed by atoms with Gasteiger partial charge in [-0.2, -0.15) is 0 Å². The zero-order chi connectivity index (χ0) is 15.9. The van der Waals surface area contributed by atoms with Crippen molar-refractivity contribution < 1.29 is 4.74 Å². The maximum Gasteiger partial charge on any atom is 0.0637 e. The molecule has 0 radical (unpaired) electrons. The first-order chi connectivity index (χ1) is 9.83. The summed E-state index contributed by atoms with van der Waals surface area (Å²) in [4.78, 5) is 2.44. The van der Waals surface area contributed by atoms with Gasteiger partial charge in [-0.3, -0.25) is 0 Å². The summed E-state index contributed by atoms with van der Waals surface area (Å²) in [7, 11) is 1.76. The van der Waals surface area contributed by atoms with Crippen LogP contribution in [0.4, 0.5) is 5.69 Å². The molecule has 21 heavy (non-hydrogen) atoms. The second-order valence-corrected chi connectivity index (χ2v) is 7.06. The lowest BCUT2D eigenvalue weighted by Crippen LogP contribution is -2.36. The minimum Gasteiger partial charge on any atom is -0.383 e. The molecule has 0 fully saturated rings. The molecule has 0 bridgehead atoms. The third kappa shape index (κ3) is 6.96. The van der Waals surface area contributed by atoms with Crippen molar-refractivity contribution >= 4 is 5.69 Å². The summed E-state index contributed by atoms with van der Waals surface area (Å²) in [5, 5.41) is 3.58. The molecule has 0 saturated heterocycles. The second kappa shape index (κ2) is 8.40. The van der Waals surface area contributed by atoms with Gasteiger partial charge in [-0.15, -0.1) is 0 Å². The zero-order valence-electron chi connectivity index (χ0n) is 14.6. The Morgan fingerprint density at radius 1 is 1.19 bits per heavy atom. The summed E-state index contributed by atoms with van der Waals surface area (Å²) in [6, 6.07) is 8.68. The number of rotatable bonds is 8. The van der Waals surface area contributed by atoms with Crippen LogP contribution in [0, 0.1) is 5.92 Å². The standard InChI is InChI=1S/C18H32N2O/c1-15(2)14-20(11-12-21-6)17-10-8-7-9-16(17)13-19-18(3,4)5/h7-10,15,19H,11-14H2,1-6H3. The topological polar surface area (TPSA) is 24.5 Å². The molecule has 0 aliphatic rings. The number of benzene rings is 1. The number of methoxy groups -OCH3 is 1. The second-order valence-electron chi connectivity index (χ2n) is 7.06. The van der Waals surface area contributed by atoms with Crippen LogP contribution in [0.2, 0.25) is 0 Å². The van der Waals surface area contributed by atoms with Crippen molar-refractivity contribution in [3.05, 3.63) is 29.8 Å². The van der Waals surface area contributed by atoms with E-state index in [1.54, 1.807) is 7.11 Å². The molecule has 1 aromatic rings. The minimum atomic E-state index is 0.127. The van der Waals surface area contributed by atoms with Gasteiger partial charge in [0.25, 0.3) is 0 Å². The van der Waals surface area contributed by atoms with Gasteiger partial charge in [0.1, 0.15) is 0 Å². The van der Waals surface area contributed by atoms with Crippen molar-refractivity contribution in [1.82, 2.24) is 5.32 Å². The molecule has 0 saturated carbocycles. The van der Waals surface area contributed by atoms with E-state index >= 15 is 0 Å². The molecule has 1 N–H and O–H groups in total. The Morgan fingerprint density at radius 3 is 2.43 bits per heavy atom. The highest BCUT2D eigenvalue weighted by Crippen LogP contribution is 2.22. The average Bonchev–Trinajstić information content (AvgIpc) is 2.40. The molecule has 1 aromatic carbocycles. The first-order valence-electron chi connectivity index (χ1n) is 7.90. The van der Waals surface area contributed by atoms with E-state index in [2.05, 4.69) is 69.1 Å². The van der Waals surface area contributed by atoms with Gasteiger partial charge < -0.3 is 15.0 Å². The molecule has 3 heteroatoms. The van der Waals surface area contributed by atoms with E-state index in [4.69, 9.17) is 4.74 Å². The van der Waals surface area contributed by atoms with Crippen LogP contribution in [0.5, 0.6) is 0 Å². The maximum absolute atomic E-state index is 5.27. The Labute approximate surface area is 130 Å². The fraction of sp³-hybridized carbons (Fsp3) is 0.667. The van der Waals surface area contributed by atoms with E-state index in [-0.39, 0.29) is 5.54 Å². The molecule has 0 aliphatic heterocycles. The summed E-state index contributed by atoms with van der Waals surface area (Å²) in [6.45, 7) is 14.8. The van der Waals surface area contributed by atoms with Crippen molar-refractivity contribution in [1.29, 1.82) is 0 Å². The number of hydrogen-bond donors (Lipinski definition) is 1. The van der Waals surface area contributed by atoms with Crippen molar-refractivity contribution in [3.8, 4) is 0 Å². The predicted molar refractivity (Wildman–Crippen MR) is 92.0 cm³/mol. The normalized spacial score (nSPS) is 12.0. The third-order valence-electron chi connectivity index (χ3n) is 3.29. The van der Waals surface area contributed by atoms with Crippen LogP contribution in [0.25, 0.3) is 0 Å². The molecular formula is C18H32N2O. The number of para-hydroxylation sites is 1. The van der Waals surface area contributed by atoms with Gasteiger partial charge in [-0.05, 0) is 38.3 Å². The molecule has 0 spiro atoms. The molecule has 0 aromatic heterocycles. The summed E-state index contributed by atoms with van der Waals surface area (Å²) in [5.41, 5.74) is 2.80. The zero-order valence-corrected chi connectivity index (χ0v) is 14.6. The van der Waals surface area contributed by atoms with E-state index in [1.165, 1.54) is 11.3 Å². The molecule has 0 heterocycles. The van der Waals surface area contributed by atoms with Crippen LogP contribution in [-0.2, 0) is 11.3 Å². The molecule has 0 atom stereocenters. The van der Waals surface area contributed by atoms with Crippen LogP contribution in [-0.4, -0.2) is 32.3 Å². The van der Waals surface area contributed by atoms with Gasteiger partial charge in [0, 0.05) is 38.0 Å². The number of anilines is 1. The average molecular weight is 292 g/mol. The Morgan fingerprint density at radius 2 is 1.86 bits per heavy atom. The van der Waals surface area contributed by atoms with E-state index in [0.29, 0.717) is 5.92 Å². The van der Waals surface area contributed by atoms with Gasteiger partial charge in [0.05, 0.1) is 6.61 Å². The molecule has 3 nitrogen and oxygen atoms in total. The number of ether oxygens (including phenoxy) is 1. The van der Waals surface area contributed by atoms with E-state index in [1.807, 2.05) is 0 Å². The van der Waals surface area contributed by atoms with E-state index in [0.717, 1.165) is 26.2 Å². The van der Waals surface area contributed by atoms with Crippen molar-refractivity contribution in [2.24, 2.45) is 5.92 Å². The van der Waals surface area contributed by atoms with Gasteiger partial charge in [-0.1, -0.05) is 32.0 Å². The van der Waals surface area contributed by atoms with Crippen molar-refractivity contribution in [2.45, 2.75) is 46.7 Å². The summed E-state index contributed by atoms with van der Waals surface area (Å²) >= 11 is 0. The first kappa shape index (κ1) is 18.0. The van der Waals surface area contributed by atoms with Crippen LogP contribution in [0.3, 0.4) is 0 Å². The smallest absolute Gasteiger partial charge is 0.0637 e. The van der Waals surface area contributed by atoms with E-state index in [9.17, 15) is 0 Å². The Bertz CT molecular complexity index is 410. The predicted octanol–water partition coefficient (Wildman–Crippen LogP) is 3.68. The maximum atomic E-state index is 5.27. The Kier molecular flexibility index (Phi) is 7.20. The Hall–Kier alpha value is -1.06. The highest BCUT2D eigenvalue weighted by atomic mass is 16.5. The summed E-state index contributed by atoms with van der Waals surface area (Å²) in [6.07, 6.45) is 0. The largest absolute Gasteiger partial charge is 0.383 e. The van der Waals surface area contributed by atoms with Gasteiger partial charge >= 0.3 is 0 Å². The highest BCUT2D eigenvalue weighted by molar-refractivity contribution is 5.53. The van der Waals surface area contributed by atoms with Crippen molar-refractivity contribution in [3.63, 3.8) is 0 Å². The monoisotopic (exact) mass is 292 g/mol. The molecule has 0 aliphatic carbocycles. The number of nitrogens with one attached hydrogen (secondary N) is 1. The van der Waals surface area contributed by atoms with Gasteiger partial charge in [0.15, 0.2) is 0 Å². The number of hydrogen-bond acceptors (Lipinski definition) is 3. The lowest BCUT2D eigenvalue weighted by Gasteiger charge is -2.30. The molecular weight excluding hydrogens is 260 g/mol. The van der Waals surface area contributed by atoms with E-state index < -0.39 is 0 Å². The first-order valence-corrected chi connectivity index (χ1v) is 7.90. The van der Waals surface area contributed by atoms with Crippen LogP contribution in [0.15, 0.2) is 24.3 Å². The summed E-state index contributed by atoms with van der Waals surface area (Å²) in [5.74, 6) is 0.630. The van der Waals surface area contributed by atoms with Crippen LogP contribution in [0.1, 0.15) is 40.2 Å². The van der Waals surface area contributed by atoms with Crippen molar-refractivity contribution in [2.75, 3.05) is 31.7 Å². The minimum absolute atomic E-state index is 0.127. The lowest BCUT2D eigenvalue weighted by molar-refractivity contribution is 0.204. The molecule has 1 rings (SSSR count). The van der Waals surface area contributed by atoms with Crippen LogP contribution >= 0.6 is 0 Å². The third-order valence-corrected chi connectivity index (χ3v) is 3.29. The lowest BCUT2D eigenvalue weighted by atomic mass is 10.1. The summed E-state index contributed by atoms with van der Waals surface area (Å²) < 4.78 is 5.27. The molecule has 0 amide bonds. The fourth-order valence-corrected chi connectivity index (χ4v) is 2.28. The van der Waals surface area contributed by atoms with Crippen LogP contribution < -0.4 is 10.2 Å². The highest BCUT2D eigenvalue weighted by Gasteiger charge is 2.14.